The smallest absolute Gasteiger partial charge is 0.143 e. The highest BCUT2D eigenvalue weighted by molar-refractivity contribution is 9.11. The summed E-state index contributed by atoms with van der Waals surface area (Å²) in [7, 11) is 0. The average Bonchev–Trinajstić information content (AvgIpc) is 2.47. The minimum Gasteiger partial charge on any atom is -0.308 e. The Morgan fingerprint density at radius 3 is 2.77 bits per heavy atom. The van der Waals surface area contributed by atoms with Crippen molar-refractivity contribution >= 4 is 33.1 Å². The van der Waals surface area contributed by atoms with Crippen molar-refractivity contribution in [2.24, 2.45) is 10.8 Å². The summed E-state index contributed by atoms with van der Waals surface area (Å²) in [6.07, 6.45) is 0. The third-order valence-electron chi connectivity index (χ3n) is 1.36. The maximum Gasteiger partial charge on any atom is 0.143 e. The Balaban J connectivity index is 2.90. The van der Waals surface area contributed by atoms with Gasteiger partial charge in [0, 0.05) is 17.0 Å². The number of nitrogens with zero attached hydrogens (tertiary/aromatic N) is 1. The molecule has 3 N–H and O–H groups in total. The minimum atomic E-state index is 0.240. The standard InChI is InChI=1S/C8H12BrN3S/c1-5(2)11-8(12-10)6-3-7(9)13-4-6/h3-5H,10H2,1-2H3,(H,11,12). The summed E-state index contributed by atoms with van der Waals surface area (Å²) in [6, 6.07) is 2.23. The lowest BCUT2D eigenvalue weighted by molar-refractivity contribution is 0.820. The van der Waals surface area contributed by atoms with E-state index in [0.717, 1.165) is 15.2 Å². The minimum absolute atomic E-state index is 0.240. The molecule has 0 amide bonds. The van der Waals surface area contributed by atoms with Gasteiger partial charge in [-0.3, -0.25) is 4.99 Å². The molecule has 0 fully saturated rings. The van der Waals surface area contributed by atoms with Crippen molar-refractivity contribution in [3.63, 3.8) is 0 Å². The van der Waals surface area contributed by atoms with Crippen LogP contribution < -0.4 is 11.3 Å². The zero-order valence-corrected chi connectivity index (χ0v) is 9.95. The summed E-state index contributed by atoms with van der Waals surface area (Å²) in [5.41, 5.74) is 3.62. The van der Waals surface area contributed by atoms with Crippen LogP contribution in [0.25, 0.3) is 0 Å². The van der Waals surface area contributed by atoms with Crippen LogP contribution in [0.4, 0.5) is 0 Å². The third-order valence-corrected chi connectivity index (χ3v) is 2.87. The molecule has 13 heavy (non-hydrogen) atoms. The van der Waals surface area contributed by atoms with Gasteiger partial charge < -0.3 is 5.43 Å². The van der Waals surface area contributed by atoms with Crippen LogP contribution in [-0.2, 0) is 0 Å². The summed E-state index contributed by atoms with van der Waals surface area (Å²) in [5, 5.41) is 2.01. The molecule has 0 aliphatic heterocycles. The highest BCUT2D eigenvalue weighted by Gasteiger charge is 2.04. The van der Waals surface area contributed by atoms with E-state index >= 15 is 0 Å². The number of hydrogen-bond donors (Lipinski definition) is 2. The SMILES string of the molecule is CC(C)N=C(NN)c1csc(Br)c1. The Bertz CT molecular complexity index is 306. The maximum atomic E-state index is 5.37. The first kappa shape index (κ1) is 10.7. The summed E-state index contributed by atoms with van der Waals surface area (Å²) in [6.45, 7) is 4.03. The number of nitrogens with two attached hydrogens (primary N) is 1. The zero-order chi connectivity index (χ0) is 9.84. The predicted molar refractivity (Wildman–Crippen MR) is 61.0 cm³/mol. The quantitative estimate of drug-likeness (QED) is 0.371. The molecule has 0 aliphatic rings. The van der Waals surface area contributed by atoms with Crippen molar-refractivity contribution in [1.82, 2.24) is 5.43 Å². The number of rotatable bonds is 2. The van der Waals surface area contributed by atoms with Gasteiger partial charge in [0.05, 0.1) is 3.79 Å². The number of amidine groups is 1. The Morgan fingerprint density at radius 1 is 1.69 bits per heavy atom. The highest BCUT2D eigenvalue weighted by atomic mass is 79.9. The van der Waals surface area contributed by atoms with Gasteiger partial charge in [-0.2, -0.15) is 0 Å². The predicted octanol–water partition coefficient (Wildman–Crippen LogP) is 2.13. The molecule has 1 rings (SSSR count). The van der Waals surface area contributed by atoms with E-state index in [1.807, 2.05) is 25.3 Å². The summed E-state index contributed by atoms with van der Waals surface area (Å²) >= 11 is 5.01. The van der Waals surface area contributed by atoms with Crippen molar-refractivity contribution in [2.75, 3.05) is 0 Å². The lowest BCUT2D eigenvalue weighted by atomic mass is 10.3. The van der Waals surface area contributed by atoms with E-state index < -0.39 is 0 Å². The molecule has 5 heteroatoms. The van der Waals surface area contributed by atoms with Crippen molar-refractivity contribution in [1.29, 1.82) is 0 Å². The topological polar surface area (TPSA) is 50.4 Å². The molecule has 1 aromatic heterocycles. The fraction of sp³-hybridized carbons (Fsp3) is 0.375. The second kappa shape index (κ2) is 4.74. The molecule has 3 nitrogen and oxygen atoms in total. The molecule has 1 aromatic rings. The number of halogens is 1. The van der Waals surface area contributed by atoms with Crippen LogP contribution in [0.2, 0.25) is 0 Å². The summed E-state index contributed by atoms with van der Waals surface area (Å²) in [5.74, 6) is 6.10. The number of hydrazine groups is 1. The van der Waals surface area contributed by atoms with Crippen LogP contribution in [-0.4, -0.2) is 11.9 Å². The second-order valence-corrected chi connectivity index (χ2v) is 5.15. The highest BCUT2D eigenvalue weighted by Crippen LogP contribution is 2.20. The molecule has 0 atom stereocenters. The number of nitrogens with one attached hydrogen (secondary N) is 1. The summed E-state index contributed by atoms with van der Waals surface area (Å²) < 4.78 is 1.08. The van der Waals surface area contributed by atoms with Crippen LogP contribution in [0.5, 0.6) is 0 Å². The van der Waals surface area contributed by atoms with Gasteiger partial charge in [0.15, 0.2) is 0 Å². The molecule has 0 spiro atoms. The second-order valence-electron chi connectivity index (χ2n) is 2.86. The fourth-order valence-electron chi connectivity index (χ4n) is 0.888. The first-order chi connectivity index (χ1) is 6.13. The van der Waals surface area contributed by atoms with Crippen LogP contribution in [0, 0.1) is 0 Å². The molecule has 0 saturated heterocycles. The van der Waals surface area contributed by atoms with Crippen molar-refractivity contribution < 1.29 is 0 Å². The van der Waals surface area contributed by atoms with Crippen LogP contribution in [0.1, 0.15) is 19.4 Å². The summed E-state index contributed by atoms with van der Waals surface area (Å²) in [4.78, 5) is 4.35. The van der Waals surface area contributed by atoms with E-state index in [-0.39, 0.29) is 6.04 Å². The van der Waals surface area contributed by atoms with Gasteiger partial charge >= 0.3 is 0 Å². The van der Waals surface area contributed by atoms with Gasteiger partial charge in [-0.15, -0.1) is 11.3 Å². The third kappa shape index (κ3) is 3.10. The first-order valence-corrected chi connectivity index (χ1v) is 5.59. The van der Waals surface area contributed by atoms with Gasteiger partial charge in [-0.05, 0) is 35.8 Å². The lowest BCUT2D eigenvalue weighted by Crippen LogP contribution is -2.31. The molecule has 0 saturated carbocycles. The van der Waals surface area contributed by atoms with Crippen LogP contribution in [0.15, 0.2) is 20.2 Å². The van der Waals surface area contributed by atoms with E-state index in [1.54, 1.807) is 11.3 Å². The zero-order valence-electron chi connectivity index (χ0n) is 7.54. The molecule has 0 aromatic carbocycles. The molecule has 0 unspecified atom stereocenters. The van der Waals surface area contributed by atoms with Gasteiger partial charge in [-0.1, -0.05) is 0 Å². The normalized spacial score (nSPS) is 12.2. The number of thiophene rings is 1. The molecular weight excluding hydrogens is 250 g/mol. The first-order valence-electron chi connectivity index (χ1n) is 3.92. The Morgan fingerprint density at radius 2 is 2.38 bits per heavy atom. The monoisotopic (exact) mass is 261 g/mol. The van der Waals surface area contributed by atoms with Crippen LogP contribution in [0.3, 0.4) is 0 Å². The average molecular weight is 262 g/mol. The Labute approximate surface area is 90.2 Å². The van der Waals surface area contributed by atoms with Gasteiger partial charge in [0.1, 0.15) is 5.84 Å². The molecular formula is C8H12BrN3S. The van der Waals surface area contributed by atoms with Gasteiger partial charge in [0.25, 0.3) is 0 Å². The molecule has 0 radical (unpaired) electrons. The van der Waals surface area contributed by atoms with E-state index in [9.17, 15) is 0 Å². The van der Waals surface area contributed by atoms with Crippen molar-refractivity contribution in [3.05, 3.63) is 20.8 Å². The van der Waals surface area contributed by atoms with Crippen LogP contribution >= 0.6 is 27.3 Å². The lowest BCUT2D eigenvalue weighted by Gasteiger charge is -2.04. The van der Waals surface area contributed by atoms with E-state index in [2.05, 4.69) is 26.3 Å². The molecule has 0 aliphatic carbocycles. The number of aliphatic imine (C=N–C) groups is 1. The number of hydrogen-bond acceptors (Lipinski definition) is 3. The Kier molecular flexibility index (Phi) is 3.90. The molecule has 72 valence electrons. The maximum absolute atomic E-state index is 5.37. The van der Waals surface area contributed by atoms with Gasteiger partial charge in [-0.25, -0.2) is 5.84 Å². The van der Waals surface area contributed by atoms with Gasteiger partial charge in [0.2, 0.25) is 0 Å². The van der Waals surface area contributed by atoms with E-state index in [1.165, 1.54) is 0 Å². The van der Waals surface area contributed by atoms with E-state index in [4.69, 9.17) is 5.84 Å². The Hall–Kier alpha value is -0.390. The molecule has 1 heterocycles. The fourth-order valence-corrected chi connectivity index (χ4v) is 2.03. The van der Waals surface area contributed by atoms with E-state index in [0.29, 0.717) is 0 Å². The van der Waals surface area contributed by atoms with Crippen molar-refractivity contribution in [3.8, 4) is 0 Å². The van der Waals surface area contributed by atoms with Crippen molar-refractivity contribution in [2.45, 2.75) is 19.9 Å². The largest absolute Gasteiger partial charge is 0.308 e. The molecule has 0 bridgehead atoms.